The summed E-state index contributed by atoms with van der Waals surface area (Å²) in [6.45, 7) is 5.51. The lowest BCUT2D eigenvalue weighted by atomic mass is 10.2. The van der Waals surface area contributed by atoms with Crippen LogP contribution in [0, 0.1) is 13.8 Å². The molecule has 1 aromatic heterocycles. The minimum absolute atomic E-state index is 0.216. The van der Waals surface area contributed by atoms with E-state index in [1.807, 2.05) is 42.8 Å². The van der Waals surface area contributed by atoms with Gasteiger partial charge in [-0.25, -0.2) is 4.79 Å². The molecule has 0 saturated heterocycles. The lowest BCUT2D eigenvalue weighted by Crippen LogP contribution is -2.37. The van der Waals surface area contributed by atoms with E-state index in [4.69, 9.17) is 9.47 Å². The molecule has 2 aromatic rings. The molecular formula is C17H24N4O3. The van der Waals surface area contributed by atoms with Gasteiger partial charge in [-0.15, -0.1) is 0 Å². The van der Waals surface area contributed by atoms with Gasteiger partial charge in [-0.05, 0) is 37.6 Å². The molecule has 0 radical (unpaired) electrons. The van der Waals surface area contributed by atoms with Gasteiger partial charge in [0.05, 0.1) is 26.5 Å². The van der Waals surface area contributed by atoms with Crippen molar-refractivity contribution in [2.45, 2.75) is 26.9 Å². The van der Waals surface area contributed by atoms with E-state index in [-0.39, 0.29) is 6.03 Å². The van der Waals surface area contributed by atoms with Gasteiger partial charge in [-0.2, -0.15) is 5.10 Å². The number of ether oxygens (including phenoxy) is 2. The number of amides is 2. The molecule has 0 saturated carbocycles. The Morgan fingerprint density at radius 1 is 1.12 bits per heavy atom. The van der Waals surface area contributed by atoms with E-state index in [1.54, 1.807) is 14.2 Å². The smallest absolute Gasteiger partial charge is 0.315 e. The molecule has 7 heteroatoms. The van der Waals surface area contributed by atoms with Crippen molar-refractivity contribution in [1.82, 2.24) is 20.4 Å². The molecule has 1 aromatic carbocycles. The van der Waals surface area contributed by atoms with Gasteiger partial charge >= 0.3 is 6.03 Å². The van der Waals surface area contributed by atoms with Gasteiger partial charge < -0.3 is 20.1 Å². The van der Waals surface area contributed by atoms with E-state index < -0.39 is 0 Å². The normalized spacial score (nSPS) is 10.3. The Kier molecular flexibility index (Phi) is 6.06. The number of methoxy groups -OCH3 is 2. The first-order valence-electron chi connectivity index (χ1n) is 7.77. The van der Waals surface area contributed by atoms with Gasteiger partial charge in [0.2, 0.25) is 0 Å². The molecular weight excluding hydrogens is 308 g/mol. The predicted molar refractivity (Wildman–Crippen MR) is 91.5 cm³/mol. The van der Waals surface area contributed by atoms with Gasteiger partial charge in [0, 0.05) is 18.8 Å². The lowest BCUT2D eigenvalue weighted by Gasteiger charge is -2.11. The van der Waals surface area contributed by atoms with Crippen LogP contribution in [0.2, 0.25) is 0 Å². The van der Waals surface area contributed by atoms with E-state index in [2.05, 4.69) is 15.7 Å². The van der Waals surface area contributed by atoms with Crippen molar-refractivity contribution in [1.29, 1.82) is 0 Å². The summed E-state index contributed by atoms with van der Waals surface area (Å²) < 4.78 is 12.3. The summed E-state index contributed by atoms with van der Waals surface area (Å²) in [5, 5.41) is 10.00. The van der Waals surface area contributed by atoms with Gasteiger partial charge in [0.25, 0.3) is 0 Å². The Morgan fingerprint density at radius 2 is 1.88 bits per heavy atom. The summed E-state index contributed by atoms with van der Waals surface area (Å²) in [5.74, 6) is 1.30. The van der Waals surface area contributed by atoms with Crippen molar-refractivity contribution < 1.29 is 14.3 Å². The van der Waals surface area contributed by atoms with Crippen LogP contribution in [0.5, 0.6) is 11.5 Å². The molecule has 0 fully saturated rings. The third-order valence-corrected chi connectivity index (χ3v) is 3.61. The van der Waals surface area contributed by atoms with Crippen LogP contribution in [0.3, 0.4) is 0 Å². The van der Waals surface area contributed by atoms with E-state index in [9.17, 15) is 4.79 Å². The Bertz CT molecular complexity index is 697. The zero-order chi connectivity index (χ0) is 17.5. The quantitative estimate of drug-likeness (QED) is 0.813. The predicted octanol–water partition coefficient (Wildman–Crippen LogP) is 2.02. The van der Waals surface area contributed by atoms with E-state index in [0.29, 0.717) is 31.1 Å². The third-order valence-electron chi connectivity index (χ3n) is 3.61. The van der Waals surface area contributed by atoms with Crippen LogP contribution in [0.4, 0.5) is 4.79 Å². The van der Waals surface area contributed by atoms with E-state index >= 15 is 0 Å². The summed E-state index contributed by atoms with van der Waals surface area (Å²) in [6, 6.07) is 7.34. The summed E-state index contributed by atoms with van der Waals surface area (Å²) in [7, 11) is 3.17. The molecule has 2 N–H and O–H groups in total. The highest BCUT2D eigenvalue weighted by Crippen LogP contribution is 2.27. The number of nitrogens with one attached hydrogen (secondary N) is 2. The van der Waals surface area contributed by atoms with Crippen molar-refractivity contribution in [2.75, 3.05) is 20.8 Å². The van der Waals surface area contributed by atoms with Crippen molar-refractivity contribution in [2.24, 2.45) is 0 Å². The molecule has 0 bridgehead atoms. The van der Waals surface area contributed by atoms with Crippen LogP contribution in [0.15, 0.2) is 24.3 Å². The summed E-state index contributed by atoms with van der Waals surface area (Å²) in [5.41, 5.74) is 2.99. The average molecular weight is 332 g/mol. The third kappa shape index (κ3) is 4.65. The maximum Gasteiger partial charge on any atom is 0.315 e. The second-order valence-corrected chi connectivity index (χ2v) is 5.45. The number of urea groups is 1. The maximum atomic E-state index is 11.9. The standard InChI is InChI=1S/C17H24N4O3/c1-12-9-13(2)21(20-12)8-7-18-17(22)19-11-14-5-6-15(23-3)16(10-14)24-4/h5-6,9-10H,7-8,11H2,1-4H3,(H2,18,19,22). The zero-order valence-corrected chi connectivity index (χ0v) is 14.5. The van der Waals surface area contributed by atoms with Gasteiger partial charge in [0.15, 0.2) is 11.5 Å². The molecule has 2 amide bonds. The van der Waals surface area contributed by atoms with Crippen LogP contribution >= 0.6 is 0 Å². The second kappa shape index (κ2) is 8.24. The minimum Gasteiger partial charge on any atom is -0.493 e. The Labute approximate surface area is 142 Å². The van der Waals surface area contributed by atoms with E-state index in [1.165, 1.54) is 0 Å². The maximum absolute atomic E-state index is 11.9. The SMILES string of the molecule is COc1ccc(CNC(=O)NCCn2nc(C)cc2C)cc1OC. The van der Waals surface area contributed by atoms with Crippen LogP contribution in [0.25, 0.3) is 0 Å². The number of benzene rings is 1. The molecule has 0 spiro atoms. The molecule has 1 heterocycles. The largest absolute Gasteiger partial charge is 0.493 e. The van der Waals surface area contributed by atoms with Crippen molar-refractivity contribution in [3.05, 3.63) is 41.2 Å². The fourth-order valence-corrected chi connectivity index (χ4v) is 2.41. The molecule has 0 unspecified atom stereocenters. The van der Waals surface area contributed by atoms with Crippen molar-refractivity contribution in [3.63, 3.8) is 0 Å². The van der Waals surface area contributed by atoms with E-state index in [0.717, 1.165) is 17.0 Å². The minimum atomic E-state index is -0.216. The molecule has 2 rings (SSSR count). The molecule has 7 nitrogen and oxygen atoms in total. The number of aromatic nitrogens is 2. The number of rotatable bonds is 7. The number of hydrogen-bond acceptors (Lipinski definition) is 4. The molecule has 24 heavy (non-hydrogen) atoms. The first-order chi connectivity index (χ1) is 11.5. The topological polar surface area (TPSA) is 77.4 Å². The van der Waals surface area contributed by atoms with Crippen molar-refractivity contribution in [3.8, 4) is 11.5 Å². The number of hydrogen-bond donors (Lipinski definition) is 2. The Morgan fingerprint density at radius 3 is 2.50 bits per heavy atom. The van der Waals surface area contributed by atoms with Crippen LogP contribution in [-0.4, -0.2) is 36.6 Å². The number of carbonyl (C=O) groups excluding carboxylic acids is 1. The van der Waals surface area contributed by atoms with Crippen molar-refractivity contribution >= 4 is 6.03 Å². The highest BCUT2D eigenvalue weighted by atomic mass is 16.5. The molecule has 0 aliphatic rings. The van der Waals surface area contributed by atoms with Gasteiger partial charge in [0.1, 0.15) is 0 Å². The Hall–Kier alpha value is -2.70. The lowest BCUT2D eigenvalue weighted by molar-refractivity contribution is 0.240. The first kappa shape index (κ1) is 17.7. The van der Waals surface area contributed by atoms with Gasteiger partial charge in [-0.1, -0.05) is 6.07 Å². The van der Waals surface area contributed by atoms with Crippen LogP contribution in [0.1, 0.15) is 17.0 Å². The van der Waals surface area contributed by atoms with Crippen LogP contribution in [-0.2, 0) is 13.1 Å². The molecule has 0 aliphatic carbocycles. The van der Waals surface area contributed by atoms with Crippen LogP contribution < -0.4 is 20.1 Å². The highest BCUT2D eigenvalue weighted by Gasteiger charge is 2.06. The fraction of sp³-hybridized carbons (Fsp3) is 0.412. The number of aryl methyl sites for hydroxylation is 2. The highest BCUT2D eigenvalue weighted by molar-refractivity contribution is 5.73. The molecule has 0 aliphatic heterocycles. The van der Waals surface area contributed by atoms with Gasteiger partial charge in [-0.3, -0.25) is 4.68 Å². The molecule has 130 valence electrons. The summed E-state index contributed by atoms with van der Waals surface area (Å²) in [4.78, 5) is 11.9. The number of nitrogens with zero attached hydrogens (tertiary/aromatic N) is 2. The Balaban J connectivity index is 1.78. The first-order valence-corrected chi connectivity index (χ1v) is 7.77. The summed E-state index contributed by atoms with van der Waals surface area (Å²) >= 11 is 0. The fourth-order valence-electron chi connectivity index (χ4n) is 2.41. The second-order valence-electron chi connectivity index (χ2n) is 5.45. The number of carbonyl (C=O) groups is 1. The average Bonchev–Trinajstić information content (AvgIpc) is 2.90. The summed E-state index contributed by atoms with van der Waals surface area (Å²) in [6.07, 6.45) is 0. The monoisotopic (exact) mass is 332 g/mol. The molecule has 0 atom stereocenters. The zero-order valence-electron chi connectivity index (χ0n) is 14.5.